The van der Waals surface area contributed by atoms with Crippen LogP contribution >= 0.6 is 15.9 Å². The summed E-state index contributed by atoms with van der Waals surface area (Å²) in [6.45, 7) is 0.430. The van der Waals surface area contributed by atoms with E-state index in [-0.39, 0.29) is 18.4 Å². The average molecular weight is 349 g/mol. The Labute approximate surface area is 132 Å². The second kappa shape index (κ2) is 7.90. The Hall–Kier alpha value is -1.72. The zero-order valence-corrected chi connectivity index (χ0v) is 13.1. The van der Waals surface area contributed by atoms with Gasteiger partial charge in [-0.3, -0.25) is 9.78 Å². The van der Waals surface area contributed by atoms with E-state index in [1.54, 1.807) is 18.3 Å². The predicted octanol–water partition coefficient (Wildman–Crippen LogP) is 2.43. The number of hydrogen-bond donors (Lipinski definition) is 2. The zero-order valence-electron chi connectivity index (χ0n) is 11.5. The Morgan fingerprint density at radius 1 is 1.24 bits per heavy atom. The molecule has 1 aromatic carbocycles. The lowest BCUT2D eigenvalue weighted by molar-refractivity contribution is 0.0940. The molecular formula is C16H17BrN2O2. The summed E-state index contributed by atoms with van der Waals surface area (Å²) in [7, 11) is 0. The van der Waals surface area contributed by atoms with Crippen LogP contribution in [0.5, 0.6) is 0 Å². The lowest BCUT2D eigenvalue weighted by atomic mass is 10.0. The van der Waals surface area contributed by atoms with E-state index in [1.807, 2.05) is 30.3 Å². The first-order valence-electron chi connectivity index (χ1n) is 6.73. The third-order valence-electron chi connectivity index (χ3n) is 3.14. The zero-order chi connectivity index (χ0) is 15.1. The van der Waals surface area contributed by atoms with Gasteiger partial charge in [0.1, 0.15) is 0 Å². The van der Waals surface area contributed by atoms with Crippen molar-refractivity contribution in [1.82, 2.24) is 10.3 Å². The highest BCUT2D eigenvalue weighted by Gasteiger charge is 2.12. The number of halogens is 1. The van der Waals surface area contributed by atoms with Gasteiger partial charge in [-0.05, 0) is 42.8 Å². The van der Waals surface area contributed by atoms with Gasteiger partial charge >= 0.3 is 0 Å². The molecule has 21 heavy (non-hydrogen) atoms. The summed E-state index contributed by atoms with van der Waals surface area (Å²) in [4.78, 5) is 16.2. The standard InChI is InChI=1S/C16H17BrN2O2/c17-14-6-4-13(5-7-14)16(21)19-10-12(11-20)9-15-3-1-2-8-18-15/h1-8,12,20H,9-11H2,(H,19,21)/t12-/m1/s1. The van der Waals surface area contributed by atoms with Crippen LogP contribution in [0, 0.1) is 5.92 Å². The number of aliphatic hydroxyl groups is 1. The molecule has 2 aromatic rings. The lowest BCUT2D eigenvalue weighted by Gasteiger charge is -2.14. The number of carbonyl (C=O) groups is 1. The van der Waals surface area contributed by atoms with E-state index in [9.17, 15) is 9.90 Å². The van der Waals surface area contributed by atoms with Gasteiger partial charge in [0.05, 0.1) is 0 Å². The molecule has 0 aliphatic rings. The number of rotatable bonds is 6. The van der Waals surface area contributed by atoms with Crippen LogP contribution in [0.1, 0.15) is 16.1 Å². The molecule has 0 aliphatic heterocycles. The number of amides is 1. The third kappa shape index (κ3) is 4.95. The average Bonchev–Trinajstić information content (AvgIpc) is 2.52. The van der Waals surface area contributed by atoms with Gasteiger partial charge in [0.15, 0.2) is 0 Å². The molecule has 1 amide bonds. The Bertz CT molecular complexity index is 573. The highest BCUT2D eigenvalue weighted by atomic mass is 79.9. The molecule has 0 radical (unpaired) electrons. The molecule has 0 unspecified atom stereocenters. The molecule has 0 saturated heterocycles. The summed E-state index contributed by atoms with van der Waals surface area (Å²) in [5.41, 5.74) is 1.52. The first-order chi connectivity index (χ1) is 10.2. The van der Waals surface area contributed by atoms with Crippen LogP contribution in [0.15, 0.2) is 53.1 Å². The van der Waals surface area contributed by atoms with Gasteiger partial charge in [0.2, 0.25) is 0 Å². The van der Waals surface area contributed by atoms with Crippen LogP contribution in [0.3, 0.4) is 0 Å². The minimum atomic E-state index is -0.137. The van der Waals surface area contributed by atoms with E-state index in [0.29, 0.717) is 18.5 Å². The molecule has 2 N–H and O–H groups in total. The number of benzene rings is 1. The van der Waals surface area contributed by atoms with E-state index < -0.39 is 0 Å². The van der Waals surface area contributed by atoms with Crippen molar-refractivity contribution in [2.45, 2.75) is 6.42 Å². The van der Waals surface area contributed by atoms with Crippen molar-refractivity contribution in [2.75, 3.05) is 13.2 Å². The first kappa shape index (κ1) is 15.7. The second-order valence-electron chi connectivity index (χ2n) is 4.79. The lowest BCUT2D eigenvalue weighted by Crippen LogP contribution is -2.32. The minimum Gasteiger partial charge on any atom is -0.396 e. The van der Waals surface area contributed by atoms with E-state index in [0.717, 1.165) is 10.2 Å². The van der Waals surface area contributed by atoms with E-state index >= 15 is 0 Å². The molecule has 1 heterocycles. The van der Waals surface area contributed by atoms with Crippen molar-refractivity contribution in [3.63, 3.8) is 0 Å². The molecule has 1 aromatic heterocycles. The summed E-state index contributed by atoms with van der Waals surface area (Å²) in [5.74, 6) is -0.179. The number of hydrogen-bond acceptors (Lipinski definition) is 3. The van der Waals surface area contributed by atoms with Crippen LogP contribution in [0.25, 0.3) is 0 Å². The fraction of sp³-hybridized carbons (Fsp3) is 0.250. The summed E-state index contributed by atoms with van der Waals surface area (Å²) in [5, 5.41) is 12.3. The summed E-state index contributed by atoms with van der Waals surface area (Å²) in [6.07, 6.45) is 2.36. The van der Waals surface area contributed by atoms with Gasteiger partial charge in [0, 0.05) is 41.0 Å². The van der Waals surface area contributed by atoms with Gasteiger partial charge in [-0.15, -0.1) is 0 Å². The Kier molecular flexibility index (Phi) is 5.90. The number of aliphatic hydroxyl groups excluding tert-OH is 1. The van der Waals surface area contributed by atoms with Gasteiger partial charge < -0.3 is 10.4 Å². The molecule has 0 bridgehead atoms. The number of carbonyl (C=O) groups excluding carboxylic acids is 1. The molecule has 1 atom stereocenters. The van der Waals surface area contributed by atoms with Crippen molar-refractivity contribution in [3.05, 3.63) is 64.4 Å². The first-order valence-corrected chi connectivity index (χ1v) is 7.53. The molecule has 110 valence electrons. The maximum absolute atomic E-state index is 12.0. The predicted molar refractivity (Wildman–Crippen MR) is 85.0 cm³/mol. The minimum absolute atomic E-state index is 0.0111. The van der Waals surface area contributed by atoms with Crippen LogP contribution in [-0.4, -0.2) is 29.1 Å². The Morgan fingerprint density at radius 3 is 2.62 bits per heavy atom. The molecule has 2 rings (SSSR count). The smallest absolute Gasteiger partial charge is 0.251 e. The maximum Gasteiger partial charge on any atom is 0.251 e. The van der Waals surface area contributed by atoms with Crippen LogP contribution in [0.4, 0.5) is 0 Å². The van der Waals surface area contributed by atoms with Crippen molar-refractivity contribution in [3.8, 4) is 0 Å². The molecule has 0 fully saturated rings. The quantitative estimate of drug-likeness (QED) is 0.842. The third-order valence-corrected chi connectivity index (χ3v) is 3.67. The molecule has 0 spiro atoms. The van der Waals surface area contributed by atoms with Gasteiger partial charge in [-0.25, -0.2) is 0 Å². The van der Waals surface area contributed by atoms with E-state index in [4.69, 9.17) is 0 Å². The normalized spacial score (nSPS) is 11.9. The molecule has 4 nitrogen and oxygen atoms in total. The molecular weight excluding hydrogens is 332 g/mol. The Balaban J connectivity index is 1.88. The van der Waals surface area contributed by atoms with Crippen LogP contribution in [-0.2, 0) is 6.42 Å². The fourth-order valence-corrected chi connectivity index (χ4v) is 2.22. The fourth-order valence-electron chi connectivity index (χ4n) is 1.96. The van der Waals surface area contributed by atoms with Crippen molar-refractivity contribution >= 4 is 21.8 Å². The molecule has 0 aliphatic carbocycles. The van der Waals surface area contributed by atoms with Crippen molar-refractivity contribution in [1.29, 1.82) is 0 Å². The largest absolute Gasteiger partial charge is 0.396 e. The highest BCUT2D eigenvalue weighted by molar-refractivity contribution is 9.10. The summed E-state index contributed by atoms with van der Waals surface area (Å²) >= 11 is 3.33. The summed E-state index contributed by atoms with van der Waals surface area (Å²) in [6, 6.07) is 12.8. The number of nitrogens with one attached hydrogen (secondary N) is 1. The van der Waals surface area contributed by atoms with Gasteiger partial charge in [-0.1, -0.05) is 22.0 Å². The van der Waals surface area contributed by atoms with Crippen LogP contribution < -0.4 is 5.32 Å². The van der Waals surface area contributed by atoms with Crippen molar-refractivity contribution < 1.29 is 9.90 Å². The molecule has 5 heteroatoms. The topological polar surface area (TPSA) is 62.2 Å². The van der Waals surface area contributed by atoms with Crippen LogP contribution in [0.2, 0.25) is 0 Å². The molecule has 0 saturated carbocycles. The second-order valence-corrected chi connectivity index (χ2v) is 5.71. The number of aromatic nitrogens is 1. The van der Waals surface area contributed by atoms with Crippen molar-refractivity contribution in [2.24, 2.45) is 5.92 Å². The van der Waals surface area contributed by atoms with Gasteiger partial charge in [-0.2, -0.15) is 0 Å². The highest BCUT2D eigenvalue weighted by Crippen LogP contribution is 2.11. The SMILES string of the molecule is O=C(NC[C@H](CO)Cc1ccccn1)c1ccc(Br)cc1. The van der Waals surface area contributed by atoms with E-state index in [2.05, 4.69) is 26.2 Å². The summed E-state index contributed by atoms with van der Waals surface area (Å²) < 4.78 is 0.933. The van der Waals surface area contributed by atoms with E-state index in [1.165, 1.54) is 0 Å². The monoisotopic (exact) mass is 348 g/mol. The maximum atomic E-state index is 12.0. The number of nitrogens with zero attached hydrogens (tertiary/aromatic N) is 1. The Morgan fingerprint density at radius 2 is 2.00 bits per heavy atom. The van der Waals surface area contributed by atoms with Gasteiger partial charge in [0.25, 0.3) is 5.91 Å². The number of pyridine rings is 1.